The number of rotatable bonds is 7. The van der Waals surface area contributed by atoms with Crippen molar-refractivity contribution in [2.45, 2.75) is 4.21 Å². The molecule has 2 aromatic heterocycles. The van der Waals surface area contributed by atoms with Gasteiger partial charge in [-0.3, -0.25) is 19.3 Å². The highest BCUT2D eigenvalue weighted by atomic mass is 32.2. The maximum atomic E-state index is 12.3. The molecule has 0 aliphatic heterocycles. The highest BCUT2D eigenvalue weighted by Gasteiger charge is 2.16. The van der Waals surface area contributed by atoms with Crippen LogP contribution >= 0.6 is 11.3 Å². The molecule has 144 valence electrons. The van der Waals surface area contributed by atoms with Gasteiger partial charge in [-0.15, -0.1) is 11.3 Å². The molecule has 0 radical (unpaired) electrons. The lowest BCUT2D eigenvalue weighted by molar-refractivity contribution is -0.115. The predicted molar refractivity (Wildman–Crippen MR) is 107 cm³/mol. The van der Waals surface area contributed by atoms with E-state index in [1.165, 1.54) is 30.5 Å². The summed E-state index contributed by atoms with van der Waals surface area (Å²) >= 11 is 1.09. The summed E-state index contributed by atoms with van der Waals surface area (Å²) in [5.41, 5.74) is 0.994. The molecule has 0 saturated heterocycles. The van der Waals surface area contributed by atoms with Gasteiger partial charge in [0.05, 0.1) is 18.4 Å². The topological polar surface area (TPSA) is 117 Å². The van der Waals surface area contributed by atoms with Gasteiger partial charge in [0.15, 0.2) is 0 Å². The molecule has 0 atom stereocenters. The second-order valence-corrected chi connectivity index (χ2v) is 8.45. The Morgan fingerprint density at radius 3 is 2.57 bits per heavy atom. The summed E-state index contributed by atoms with van der Waals surface area (Å²) in [7, 11) is -3.71. The van der Waals surface area contributed by atoms with Gasteiger partial charge in [0, 0.05) is 17.4 Å². The molecule has 2 amide bonds. The minimum Gasteiger partial charge on any atom is -0.343 e. The van der Waals surface area contributed by atoms with Crippen LogP contribution in [0.4, 0.5) is 11.4 Å². The number of hydrogen-bond donors (Lipinski definition) is 3. The quantitative estimate of drug-likeness (QED) is 0.546. The van der Waals surface area contributed by atoms with Crippen molar-refractivity contribution in [3.05, 3.63) is 71.9 Å². The fourth-order valence-electron chi connectivity index (χ4n) is 2.25. The van der Waals surface area contributed by atoms with Crippen LogP contribution in [0, 0.1) is 0 Å². The second-order valence-electron chi connectivity index (χ2n) is 5.59. The molecule has 3 N–H and O–H groups in total. The highest BCUT2D eigenvalue weighted by Crippen LogP contribution is 2.20. The zero-order valence-electron chi connectivity index (χ0n) is 14.5. The molecular formula is C18H16N4O4S2. The first-order valence-corrected chi connectivity index (χ1v) is 10.4. The van der Waals surface area contributed by atoms with Gasteiger partial charge >= 0.3 is 0 Å². The number of nitrogens with zero attached hydrogens (tertiary/aromatic N) is 1. The van der Waals surface area contributed by atoms with Crippen molar-refractivity contribution in [2.24, 2.45) is 0 Å². The van der Waals surface area contributed by atoms with E-state index in [0.717, 1.165) is 11.3 Å². The van der Waals surface area contributed by atoms with Gasteiger partial charge in [0.2, 0.25) is 5.91 Å². The fourth-order valence-corrected chi connectivity index (χ4v) is 4.29. The number of anilines is 2. The van der Waals surface area contributed by atoms with Crippen molar-refractivity contribution in [2.75, 3.05) is 16.6 Å². The lowest BCUT2D eigenvalue weighted by Crippen LogP contribution is -2.32. The van der Waals surface area contributed by atoms with E-state index >= 15 is 0 Å². The zero-order valence-corrected chi connectivity index (χ0v) is 16.1. The van der Waals surface area contributed by atoms with Crippen LogP contribution in [0.5, 0.6) is 0 Å². The molecule has 1 aromatic carbocycles. The Bertz CT molecular complexity index is 1070. The molecule has 8 nitrogen and oxygen atoms in total. The average Bonchev–Trinajstić information content (AvgIpc) is 3.23. The van der Waals surface area contributed by atoms with Crippen molar-refractivity contribution in [3.63, 3.8) is 0 Å². The van der Waals surface area contributed by atoms with Gasteiger partial charge in [-0.25, -0.2) is 8.42 Å². The predicted octanol–water partition coefficient (Wildman–Crippen LogP) is 2.31. The van der Waals surface area contributed by atoms with Crippen LogP contribution in [-0.2, 0) is 14.8 Å². The first kappa shape index (κ1) is 19.5. The molecule has 0 spiro atoms. The summed E-state index contributed by atoms with van der Waals surface area (Å²) in [4.78, 5) is 28.0. The number of nitrogens with one attached hydrogen (secondary N) is 3. The normalized spacial score (nSPS) is 10.9. The third-order valence-corrected chi connectivity index (χ3v) is 6.27. The summed E-state index contributed by atoms with van der Waals surface area (Å²) in [5, 5.41) is 6.75. The molecule has 0 unspecified atom stereocenters. The standard InChI is InChI=1S/C18H16N4O4S2/c23-16(21-15-6-2-8-19-11-15)12-20-18(24)13-4-1-5-14(10-13)22-28(25,26)17-7-3-9-27-17/h1-11,22H,12H2,(H,20,24)(H,21,23). The van der Waals surface area contributed by atoms with E-state index in [0.29, 0.717) is 5.69 Å². The summed E-state index contributed by atoms with van der Waals surface area (Å²) < 4.78 is 27.2. The van der Waals surface area contributed by atoms with E-state index in [1.807, 2.05) is 0 Å². The largest absolute Gasteiger partial charge is 0.343 e. The SMILES string of the molecule is O=C(CNC(=O)c1cccc(NS(=O)(=O)c2cccs2)c1)Nc1cccnc1. The van der Waals surface area contributed by atoms with E-state index in [1.54, 1.807) is 35.8 Å². The molecule has 2 heterocycles. The smallest absolute Gasteiger partial charge is 0.271 e. The number of sulfonamides is 1. The van der Waals surface area contributed by atoms with Gasteiger partial charge in [-0.1, -0.05) is 12.1 Å². The summed E-state index contributed by atoms with van der Waals surface area (Å²) in [6, 6.07) is 12.5. The monoisotopic (exact) mass is 416 g/mol. The van der Waals surface area contributed by atoms with E-state index in [4.69, 9.17) is 0 Å². The Labute approximate surface area is 165 Å². The Morgan fingerprint density at radius 2 is 1.86 bits per heavy atom. The van der Waals surface area contributed by atoms with E-state index in [9.17, 15) is 18.0 Å². The second kappa shape index (κ2) is 8.63. The number of carbonyl (C=O) groups excluding carboxylic acids is 2. The Balaban J connectivity index is 1.60. The van der Waals surface area contributed by atoms with Gasteiger partial charge < -0.3 is 10.6 Å². The maximum Gasteiger partial charge on any atom is 0.271 e. The Hall–Kier alpha value is -3.24. The summed E-state index contributed by atoms with van der Waals surface area (Å²) in [6.07, 6.45) is 3.07. The number of pyridine rings is 1. The van der Waals surface area contributed by atoms with Gasteiger partial charge in [-0.2, -0.15) is 0 Å². The summed E-state index contributed by atoms with van der Waals surface area (Å²) in [6.45, 7) is -0.237. The van der Waals surface area contributed by atoms with E-state index < -0.39 is 21.8 Å². The van der Waals surface area contributed by atoms with Crippen molar-refractivity contribution in [3.8, 4) is 0 Å². The highest BCUT2D eigenvalue weighted by molar-refractivity contribution is 7.94. The fraction of sp³-hybridized carbons (Fsp3) is 0.0556. The number of benzene rings is 1. The molecule has 0 aliphatic rings. The van der Waals surface area contributed by atoms with Crippen molar-refractivity contribution < 1.29 is 18.0 Å². The first-order chi connectivity index (χ1) is 13.4. The van der Waals surface area contributed by atoms with E-state index in [2.05, 4.69) is 20.3 Å². The molecule has 3 rings (SSSR count). The van der Waals surface area contributed by atoms with Crippen LogP contribution in [0.3, 0.4) is 0 Å². The zero-order chi connectivity index (χ0) is 20.0. The minimum atomic E-state index is -3.71. The molecule has 0 aliphatic carbocycles. The molecule has 10 heteroatoms. The van der Waals surface area contributed by atoms with Crippen LogP contribution < -0.4 is 15.4 Å². The average molecular weight is 416 g/mol. The molecule has 0 fully saturated rings. The minimum absolute atomic E-state index is 0.175. The van der Waals surface area contributed by atoms with Gasteiger partial charge in [0.1, 0.15) is 4.21 Å². The van der Waals surface area contributed by atoms with Gasteiger partial charge in [-0.05, 0) is 41.8 Å². The lowest BCUT2D eigenvalue weighted by Gasteiger charge is -2.09. The first-order valence-electron chi connectivity index (χ1n) is 8.08. The number of carbonyl (C=O) groups is 2. The van der Waals surface area contributed by atoms with Crippen LogP contribution in [-0.4, -0.2) is 31.8 Å². The molecule has 3 aromatic rings. The van der Waals surface area contributed by atoms with E-state index in [-0.39, 0.29) is 22.0 Å². The third kappa shape index (κ3) is 5.15. The molecular weight excluding hydrogens is 400 g/mol. The number of hydrogen-bond acceptors (Lipinski definition) is 6. The van der Waals surface area contributed by atoms with Crippen LogP contribution in [0.1, 0.15) is 10.4 Å². The molecule has 0 bridgehead atoms. The van der Waals surface area contributed by atoms with Crippen molar-refractivity contribution in [1.82, 2.24) is 10.3 Å². The third-order valence-electron chi connectivity index (χ3n) is 3.49. The maximum absolute atomic E-state index is 12.3. The van der Waals surface area contributed by atoms with Crippen LogP contribution in [0.15, 0.2) is 70.5 Å². The van der Waals surface area contributed by atoms with Crippen molar-refractivity contribution >= 4 is 44.5 Å². The van der Waals surface area contributed by atoms with Crippen molar-refractivity contribution in [1.29, 1.82) is 0 Å². The number of aromatic nitrogens is 1. The molecule has 0 saturated carbocycles. The number of thiophene rings is 1. The summed E-state index contributed by atoms with van der Waals surface area (Å²) in [5.74, 6) is -0.908. The Morgan fingerprint density at radius 1 is 1.04 bits per heavy atom. The Kier molecular flexibility index (Phi) is 6.02. The lowest BCUT2D eigenvalue weighted by atomic mass is 10.2. The molecule has 28 heavy (non-hydrogen) atoms. The van der Waals surface area contributed by atoms with Crippen LogP contribution in [0.2, 0.25) is 0 Å². The van der Waals surface area contributed by atoms with Gasteiger partial charge in [0.25, 0.3) is 15.9 Å². The number of amides is 2. The van der Waals surface area contributed by atoms with Crippen LogP contribution in [0.25, 0.3) is 0 Å².